The molecule has 10 heteroatoms. The summed E-state index contributed by atoms with van der Waals surface area (Å²) >= 11 is 5.95. The van der Waals surface area contributed by atoms with Crippen molar-refractivity contribution >= 4 is 25.9 Å². The molecule has 1 N–H and O–H groups in total. The van der Waals surface area contributed by atoms with Crippen molar-refractivity contribution in [2.24, 2.45) is 5.92 Å². The Labute approximate surface area is 234 Å². The number of rotatable bonds is 8. The van der Waals surface area contributed by atoms with Gasteiger partial charge in [0.05, 0.1) is 36.1 Å². The van der Waals surface area contributed by atoms with E-state index < -0.39 is 20.2 Å². The predicted molar refractivity (Wildman–Crippen MR) is 154 cm³/mol. The molecular weight excluding hydrogens is 535 g/mol. The normalized spacial score (nSPS) is 21.8. The molecule has 1 saturated heterocycles. The summed E-state index contributed by atoms with van der Waals surface area (Å²) in [4.78, 5) is 22.6. The third kappa shape index (κ3) is 5.96. The van der Waals surface area contributed by atoms with Crippen LogP contribution in [0.1, 0.15) is 45.2 Å². The summed E-state index contributed by atoms with van der Waals surface area (Å²) in [5.41, 5.74) is 1.73. The first-order valence-electron chi connectivity index (χ1n) is 13.4. The van der Waals surface area contributed by atoms with Crippen molar-refractivity contribution in [3.05, 3.63) is 75.5 Å². The van der Waals surface area contributed by atoms with Crippen molar-refractivity contribution in [1.82, 2.24) is 14.5 Å². The first-order valence-corrected chi connectivity index (χ1v) is 16.7. The van der Waals surface area contributed by atoms with Crippen molar-refractivity contribution in [3.63, 3.8) is 0 Å². The van der Waals surface area contributed by atoms with Crippen molar-refractivity contribution < 1.29 is 13.6 Å². The Balaban J connectivity index is 1.42. The zero-order valence-electron chi connectivity index (χ0n) is 23.1. The van der Waals surface area contributed by atoms with Gasteiger partial charge in [-0.3, -0.25) is 4.79 Å². The molecule has 2 aromatic heterocycles. The van der Waals surface area contributed by atoms with Gasteiger partial charge in [0.15, 0.2) is 8.32 Å². The number of halogens is 2. The van der Waals surface area contributed by atoms with E-state index in [1.807, 2.05) is 6.07 Å². The van der Waals surface area contributed by atoms with Gasteiger partial charge in [0.2, 0.25) is 5.95 Å². The first kappa shape index (κ1) is 28.0. The van der Waals surface area contributed by atoms with Crippen LogP contribution in [0.3, 0.4) is 0 Å². The molecule has 1 aromatic carbocycles. The molecule has 0 spiro atoms. The van der Waals surface area contributed by atoms with E-state index in [2.05, 4.69) is 49.1 Å². The Hall–Kier alpha value is -2.59. The molecule has 3 unspecified atom stereocenters. The van der Waals surface area contributed by atoms with E-state index in [9.17, 15) is 9.18 Å². The van der Waals surface area contributed by atoms with Crippen LogP contribution in [0.15, 0.2) is 53.6 Å². The lowest BCUT2D eigenvalue weighted by molar-refractivity contribution is 0.0723. The predicted octanol–water partition coefficient (Wildman–Crippen LogP) is 6.30. The van der Waals surface area contributed by atoms with Gasteiger partial charge in [0.1, 0.15) is 5.82 Å². The number of hydrogen-bond donors (Lipinski definition) is 1. The van der Waals surface area contributed by atoms with Gasteiger partial charge in [-0.25, -0.2) is 14.4 Å². The average molecular weight is 571 g/mol. The van der Waals surface area contributed by atoms with Crippen LogP contribution in [0.5, 0.6) is 0 Å². The van der Waals surface area contributed by atoms with Gasteiger partial charge < -0.3 is 19.0 Å². The fourth-order valence-corrected chi connectivity index (χ4v) is 6.18. The number of benzene rings is 1. The molecule has 0 radical (unpaired) electrons. The van der Waals surface area contributed by atoms with Crippen LogP contribution in [-0.2, 0) is 9.16 Å². The van der Waals surface area contributed by atoms with Crippen LogP contribution in [0.4, 0.5) is 10.3 Å². The number of fused-ring (bicyclic) bond motifs is 2. The molecule has 0 amide bonds. The number of pyridine rings is 1. The third-order valence-corrected chi connectivity index (χ3v) is 13.3. The molecule has 1 aliphatic carbocycles. The molecule has 4 atom stereocenters. The number of ether oxygens (including phenoxy) is 1. The smallest absolute Gasteiger partial charge is 0.251 e. The van der Waals surface area contributed by atoms with Gasteiger partial charge in [-0.1, -0.05) is 38.4 Å². The minimum Gasteiger partial charge on any atom is -0.414 e. The summed E-state index contributed by atoms with van der Waals surface area (Å²) in [5.74, 6) is 0.500. The van der Waals surface area contributed by atoms with Crippen LogP contribution >= 0.6 is 11.6 Å². The fraction of sp³-hybridized carbons (Fsp3) is 0.483. The van der Waals surface area contributed by atoms with E-state index in [0.29, 0.717) is 40.8 Å². The van der Waals surface area contributed by atoms with Crippen molar-refractivity contribution in [2.75, 3.05) is 18.5 Å². The van der Waals surface area contributed by atoms with Gasteiger partial charge in [0, 0.05) is 36.0 Å². The monoisotopic (exact) mass is 570 g/mol. The molecular formula is C29H36ClFN4O3Si. The van der Waals surface area contributed by atoms with E-state index in [1.54, 1.807) is 35.2 Å². The molecule has 208 valence electrons. The Morgan fingerprint density at radius 1 is 1.23 bits per heavy atom. The van der Waals surface area contributed by atoms with Crippen LogP contribution in [0.2, 0.25) is 23.2 Å². The maximum absolute atomic E-state index is 14.5. The molecule has 3 aromatic rings. The third-order valence-electron chi connectivity index (χ3n) is 8.48. The average Bonchev–Trinajstić information content (AvgIpc) is 3.50. The van der Waals surface area contributed by atoms with Crippen LogP contribution in [-0.4, -0.2) is 48.2 Å². The molecule has 2 fully saturated rings. The van der Waals surface area contributed by atoms with Crippen LogP contribution in [0, 0.1) is 11.7 Å². The summed E-state index contributed by atoms with van der Waals surface area (Å²) in [6.07, 6.45) is 5.79. The van der Waals surface area contributed by atoms with Gasteiger partial charge in [-0.05, 0) is 60.8 Å². The highest BCUT2D eigenvalue weighted by Gasteiger charge is 2.41. The van der Waals surface area contributed by atoms with Crippen molar-refractivity contribution in [1.29, 1.82) is 0 Å². The van der Waals surface area contributed by atoms with E-state index in [1.165, 1.54) is 12.1 Å². The summed E-state index contributed by atoms with van der Waals surface area (Å²) in [5, 5.41) is 3.48. The van der Waals surface area contributed by atoms with E-state index >= 15 is 0 Å². The molecule has 3 heterocycles. The van der Waals surface area contributed by atoms with Crippen LogP contribution < -0.4 is 10.9 Å². The lowest BCUT2D eigenvalue weighted by Gasteiger charge is -2.37. The maximum Gasteiger partial charge on any atom is 0.251 e. The molecule has 5 rings (SSSR count). The van der Waals surface area contributed by atoms with Crippen molar-refractivity contribution in [2.45, 2.75) is 69.9 Å². The molecule has 1 saturated carbocycles. The van der Waals surface area contributed by atoms with E-state index in [4.69, 9.17) is 20.8 Å². The second-order valence-corrected chi connectivity index (χ2v) is 17.3. The fourth-order valence-electron chi connectivity index (χ4n) is 5.05. The van der Waals surface area contributed by atoms with E-state index in [-0.39, 0.29) is 22.2 Å². The van der Waals surface area contributed by atoms with Gasteiger partial charge >= 0.3 is 0 Å². The Bertz CT molecular complexity index is 1410. The minimum atomic E-state index is -2.13. The highest BCUT2D eigenvalue weighted by Crippen LogP contribution is 2.38. The molecule has 7 nitrogen and oxygen atoms in total. The second-order valence-electron chi connectivity index (χ2n) is 12.1. The first-order chi connectivity index (χ1) is 18.4. The lowest BCUT2D eigenvalue weighted by Crippen LogP contribution is -2.43. The van der Waals surface area contributed by atoms with Gasteiger partial charge in [0.25, 0.3) is 5.56 Å². The molecule has 2 bridgehead atoms. The number of aromatic nitrogens is 3. The number of hydrogen-bond acceptors (Lipinski definition) is 6. The topological polar surface area (TPSA) is 78.3 Å². The largest absolute Gasteiger partial charge is 0.414 e. The maximum atomic E-state index is 14.5. The number of anilines is 1. The van der Waals surface area contributed by atoms with Crippen molar-refractivity contribution in [3.8, 4) is 11.3 Å². The highest BCUT2D eigenvalue weighted by atomic mass is 35.5. The molecule has 2 aliphatic rings. The minimum absolute atomic E-state index is 0.0125. The number of nitrogens with zero attached hydrogens (tertiary/aromatic N) is 3. The summed E-state index contributed by atoms with van der Waals surface area (Å²) < 4.78 is 28.2. The van der Waals surface area contributed by atoms with E-state index in [0.717, 1.165) is 19.4 Å². The molecule has 39 heavy (non-hydrogen) atoms. The zero-order valence-corrected chi connectivity index (χ0v) is 24.8. The zero-order chi connectivity index (χ0) is 27.9. The highest BCUT2D eigenvalue weighted by molar-refractivity contribution is 6.74. The quantitative estimate of drug-likeness (QED) is 0.320. The summed E-state index contributed by atoms with van der Waals surface area (Å²) in [7, 11) is -2.13. The van der Waals surface area contributed by atoms with Crippen LogP contribution in [0.25, 0.3) is 11.3 Å². The standard InChI is InChI=1S/C29H36ClFN4O3Si/c1-29(2,3)39(4,5)38-17-26(19-6-7-22(30)23(31)13-19)35-11-9-18(14-27(35)36)24-8-10-32-28(33-24)34-25-15-21-12-20(25)16-37-21/h6-11,13-14,20-21,25-26H,12,15-17H2,1-5H3,(H,32,33,34)/t20?,21?,25?,26-/m1/s1. The Morgan fingerprint density at radius 3 is 2.67 bits per heavy atom. The Kier molecular flexibility index (Phi) is 7.71. The van der Waals surface area contributed by atoms with Gasteiger partial charge in [-0.2, -0.15) is 0 Å². The number of nitrogens with one attached hydrogen (secondary N) is 1. The summed E-state index contributed by atoms with van der Waals surface area (Å²) in [6.45, 7) is 11.8. The Morgan fingerprint density at radius 2 is 2.03 bits per heavy atom. The summed E-state index contributed by atoms with van der Waals surface area (Å²) in [6, 6.07) is 9.63. The molecule has 1 aliphatic heterocycles. The second kappa shape index (κ2) is 10.8. The lowest BCUT2D eigenvalue weighted by atomic mass is 10.1. The SMILES string of the molecule is CC(C)(C)[Si](C)(C)OC[C@H](c1ccc(Cl)c(F)c1)n1ccc(-c2ccnc(NC3CC4CC3CO4)n2)cc1=O. The van der Waals surface area contributed by atoms with Gasteiger partial charge in [-0.15, -0.1) is 0 Å².